The molecule has 2 aliphatic rings. The van der Waals surface area contributed by atoms with Crippen LogP contribution >= 0.6 is 0 Å². The maximum Gasteiger partial charge on any atom is 0.242 e. The van der Waals surface area contributed by atoms with Gasteiger partial charge in [-0.05, 0) is 13.8 Å². The fourth-order valence-electron chi connectivity index (χ4n) is 2.79. The number of ether oxygens (including phenoxy) is 1. The molecule has 2 saturated heterocycles. The van der Waals surface area contributed by atoms with Gasteiger partial charge in [-0.25, -0.2) is 0 Å². The highest BCUT2D eigenvalue weighted by Gasteiger charge is 2.33. The number of nitrogens with one attached hydrogen (secondary N) is 2. The standard InChI is InChI=1S/C14H26N4O3/c1-3-15-12(19)10-17-5-7-18(8-6-17)14(20)13-11(2)21-9-4-16-13/h11,13,16H,3-10H2,1-2H3,(H,15,19)/t11-,13+/m1/s1. The predicted octanol–water partition coefficient (Wildman–Crippen LogP) is -1.36. The van der Waals surface area contributed by atoms with Crippen molar-refractivity contribution in [2.45, 2.75) is 26.0 Å². The Kier molecular flexibility index (Phi) is 5.96. The maximum atomic E-state index is 12.5. The van der Waals surface area contributed by atoms with Gasteiger partial charge in [0.2, 0.25) is 11.8 Å². The van der Waals surface area contributed by atoms with Gasteiger partial charge in [0.25, 0.3) is 0 Å². The summed E-state index contributed by atoms with van der Waals surface area (Å²) >= 11 is 0. The zero-order valence-corrected chi connectivity index (χ0v) is 12.9. The molecule has 0 radical (unpaired) electrons. The zero-order chi connectivity index (χ0) is 15.2. The van der Waals surface area contributed by atoms with Crippen LogP contribution in [0.2, 0.25) is 0 Å². The van der Waals surface area contributed by atoms with E-state index in [1.165, 1.54) is 0 Å². The maximum absolute atomic E-state index is 12.5. The van der Waals surface area contributed by atoms with Gasteiger partial charge in [-0.1, -0.05) is 0 Å². The lowest BCUT2D eigenvalue weighted by Gasteiger charge is -2.38. The first-order valence-corrected chi connectivity index (χ1v) is 7.74. The molecule has 0 saturated carbocycles. The minimum atomic E-state index is -0.242. The molecule has 0 aromatic rings. The molecular weight excluding hydrogens is 272 g/mol. The number of nitrogens with zero attached hydrogens (tertiary/aromatic N) is 2. The van der Waals surface area contributed by atoms with Crippen molar-refractivity contribution in [3.63, 3.8) is 0 Å². The van der Waals surface area contributed by atoms with Crippen LogP contribution in [0, 0.1) is 0 Å². The fraction of sp³-hybridized carbons (Fsp3) is 0.857. The number of rotatable bonds is 4. The Bertz CT molecular complexity index is 369. The molecule has 21 heavy (non-hydrogen) atoms. The van der Waals surface area contributed by atoms with E-state index >= 15 is 0 Å². The van der Waals surface area contributed by atoms with Crippen molar-refractivity contribution in [2.24, 2.45) is 0 Å². The first kappa shape index (κ1) is 16.2. The second-order valence-corrected chi connectivity index (χ2v) is 5.56. The van der Waals surface area contributed by atoms with Gasteiger partial charge in [0.1, 0.15) is 6.04 Å². The summed E-state index contributed by atoms with van der Waals surface area (Å²) in [5.74, 6) is 0.160. The first-order chi connectivity index (χ1) is 10.1. The number of hydrogen-bond donors (Lipinski definition) is 2. The average Bonchev–Trinajstić information content (AvgIpc) is 2.48. The molecule has 0 unspecified atom stereocenters. The summed E-state index contributed by atoms with van der Waals surface area (Å²) in [4.78, 5) is 28.0. The van der Waals surface area contributed by atoms with Gasteiger partial charge >= 0.3 is 0 Å². The highest BCUT2D eigenvalue weighted by molar-refractivity contribution is 5.83. The number of hydrogen-bond acceptors (Lipinski definition) is 5. The van der Waals surface area contributed by atoms with Crippen molar-refractivity contribution < 1.29 is 14.3 Å². The lowest BCUT2D eigenvalue weighted by molar-refractivity contribution is -0.141. The van der Waals surface area contributed by atoms with E-state index in [4.69, 9.17) is 4.74 Å². The summed E-state index contributed by atoms with van der Waals surface area (Å²) in [6, 6.07) is -0.242. The summed E-state index contributed by atoms with van der Waals surface area (Å²) in [6.45, 7) is 9.11. The van der Waals surface area contributed by atoms with E-state index < -0.39 is 0 Å². The van der Waals surface area contributed by atoms with Gasteiger partial charge < -0.3 is 20.3 Å². The largest absolute Gasteiger partial charge is 0.375 e. The van der Waals surface area contributed by atoms with Gasteiger partial charge in [0.15, 0.2) is 0 Å². The Morgan fingerprint density at radius 2 is 2.00 bits per heavy atom. The molecule has 0 aromatic heterocycles. The molecule has 2 atom stereocenters. The highest BCUT2D eigenvalue weighted by atomic mass is 16.5. The minimum absolute atomic E-state index is 0.0493. The third-order valence-corrected chi connectivity index (χ3v) is 4.01. The second-order valence-electron chi connectivity index (χ2n) is 5.56. The molecule has 0 aromatic carbocycles. The molecule has 2 N–H and O–H groups in total. The van der Waals surface area contributed by atoms with E-state index in [1.807, 2.05) is 18.7 Å². The van der Waals surface area contributed by atoms with Gasteiger partial charge in [0, 0.05) is 39.3 Å². The lowest BCUT2D eigenvalue weighted by atomic mass is 10.1. The van der Waals surface area contributed by atoms with Crippen LogP contribution in [0.3, 0.4) is 0 Å². The number of morpholine rings is 1. The first-order valence-electron chi connectivity index (χ1n) is 7.74. The molecule has 2 rings (SSSR count). The molecule has 0 bridgehead atoms. The smallest absolute Gasteiger partial charge is 0.242 e. The molecule has 2 heterocycles. The van der Waals surface area contributed by atoms with Crippen LogP contribution in [0.5, 0.6) is 0 Å². The van der Waals surface area contributed by atoms with Crippen LogP contribution in [-0.4, -0.2) is 86.2 Å². The number of carbonyl (C=O) groups excluding carboxylic acids is 2. The van der Waals surface area contributed by atoms with Crippen LogP contribution < -0.4 is 10.6 Å². The van der Waals surface area contributed by atoms with E-state index in [9.17, 15) is 9.59 Å². The normalized spacial score (nSPS) is 27.4. The summed E-state index contributed by atoms with van der Waals surface area (Å²) in [6.07, 6.45) is -0.0837. The topological polar surface area (TPSA) is 73.9 Å². The summed E-state index contributed by atoms with van der Waals surface area (Å²) in [5, 5.41) is 6.03. The SMILES string of the molecule is CCNC(=O)CN1CCN(C(=O)[C@H]2NCCO[C@@H]2C)CC1. The van der Waals surface area contributed by atoms with Crippen molar-refractivity contribution in [2.75, 3.05) is 52.4 Å². The summed E-state index contributed by atoms with van der Waals surface area (Å²) in [5.41, 5.74) is 0. The molecular formula is C14H26N4O3. The van der Waals surface area contributed by atoms with Crippen LogP contribution in [0.4, 0.5) is 0 Å². The van der Waals surface area contributed by atoms with E-state index in [0.717, 1.165) is 19.6 Å². The van der Waals surface area contributed by atoms with Crippen molar-refractivity contribution in [1.29, 1.82) is 0 Å². The van der Waals surface area contributed by atoms with Crippen LogP contribution in [-0.2, 0) is 14.3 Å². The molecule has 7 heteroatoms. The highest BCUT2D eigenvalue weighted by Crippen LogP contribution is 2.10. The Hall–Kier alpha value is -1.18. The van der Waals surface area contributed by atoms with E-state index in [2.05, 4.69) is 15.5 Å². The van der Waals surface area contributed by atoms with Crippen LogP contribution in [0.15, 0.2) is 0 Å². The van der Waals surface area contributed by atoms with Crippen LogP contribution in [0.25, 0.3) is 0 Å². The molecule has 2 aliphatic heterocycles. The third kappa shape index (κ3) is 4.39. The lowest BCUT2D eigenvalue weighted by Crippen LogP contribution is -2.60. The van der Waals surface area contributed by atoms with Gasteiger partial charge in [-0.2, -0.15) is 0 Å². The van der Waals surface area contributed by atoms with Gasteiger partial charge in [0.05, 0.1) is 19.3 Å². The monoisotopic (exact) mass is 298 g/mol. The Morgan fingerprint density at radius 1 is 1.29 bits per heavy atom. The average molecular weight is 298 g/mol. The number of likely N-dealkylation sites (N-methyl/N-ethyl adjacent to an activating group) is 1. The summed E-state index contributed by atoms with van der Waals surface area (Å²) in [7, 11) is 0. The molecule has 7 nitrogen and oxygen atoms in total. The van der Waals surface area contributed by atoms with Crippen molar-refractivity contribution in [3.8, 4) is 0 Å². The van der Waals surface area contributed by atoms with Crippen molar-refractivity contribution in [3.05, 3.63) is 0 Å². The second kappa shape index (κ2) is 7.72. The Morgan fingerprint density at radius 3 is 2.62 bits per heavy atom. The molecule has 0 aliphatic carbocycles. The van der Waals surface area contributed by atoms with Crippen LogP contribution in [0.1, 0.15) is 13.8 Å². The molecule has 0 spiro atoms. The Balaban J connectivity index is 1.77. The molecule has 2 fully saturated rings. The third-order valence-electron chi connectivity index (χ3n) is 4.01. The van der Waals surface area contributed by atoms with E-state index in [0.29, 0.717) is 32.8 Å². The number of piperazine rings is 1. The van der Waals surface area contributed by atoms with Gasteiger partial charge in [-0.3, -0.25) is 14.5 Å². The number of carbonyl (C=O) groups is 2. The van der Waals surface area contributed by atoms with Crippen molar-refractivity contribution >= 4 is 11.8 Å². The van der Waals surface area contributed by atoms with Gasteiger partial charge in [-0.15, -0.1) is 0 Å². The fourth-order valence-corrected chi connectivity index (χ4v) is 2.79. The Labute approximate surface area is 126 Å². The number of amides is 2. The van der Waals surface area contributed by atoms with E-state index in [1.54, 1.807) is 0 Å². The summed E-state index contributed by atoms with van der Waals surface area (Å²) < 4.78 is 5.53. The zero-order valence-electron chi connectivity index (χ0n) is 12.9. The van der Waals surface area contributed by atoms with E-state index in [-0.39, 0.29) is 24.0 Å². The quantitative estimate of drug-likeness (QED) is 0.671. The predicted molar refractivity (Wildman–Crippen MR) is 78.9 cm³/mol. The van der Waals surface area contributed by atoms with Crippen molar-refractivity contribution in [1.82, 2.24) is 20.4 Å². The molecule has 2 amide bonds. The minimum Gasteiger partial charge on any atom is -0.375 e. The molecule has 120 valence electrons.